The SMILES string of the molecule is CCOC(=O)Nc1cccc(OC(=O)N(C)CCc2ccccc2)c1. The van der Waals surface area contributed by atoms with Crippen molar-refractivity contribution in [3.63, 3.8) is 0 Å². The second-order valence-corrected chi connectivity index (χ2v) is 5.40. The van der Waals surface area contributed by atoms with Crippen LogP contribution >= 0.6 is 0 Å². The smallest absolute Gasteiger partial charge is 0.414 e. The van der Waals surface area contributed by atoms with E-state index in [1.54, 1.807) is 38.2 Å². The summed E-state index contributed by atoms with van der Waals surface area (Å²) in [6.07, 6.45) is -0.258. The maximum atomic E-state index is 12.2. The van der Waals surface area contributed by atoms with Crippen LogP contribution < -0.4 is 10.1 Å². The molecule has 0 fully saturated rings. The monoisotopic (exact) mass is 342 g/mol. The molecule has 25 heavy (non-hydrogen) atoms. The van der Waals surface area contributed by atoms with Crippen LogP contribution in [0.4, 0.5) is 15.3 Å². The minimum absolute atomic E-state index is 0.284. The number of likely N-dealkylation sites (N-methyl/N-ethyl adjacent to an activating group) is 1. The van der Waals surface area contributed by atoms with Crippen molar-refractivity contribution in [2.45, 2.75) is 13.3 Å². The second-order valence-electron chi connectivity index (χ2n) is 5.40. The van der Waals surface area contributed by atoms with Gasteiger partial charge in [-0.1, -0.05) is 36.4 Å². The number of anilines is 1. The van der Waals surface area contributed by atoms with E-state index in [0.717, 1.165) is 12.0 Å². The Hall–Kier alpha value is -3.02. The Labute approximate surface area is 147 Å². The van der Waals surface area contributed by atoms with Crippen molar-refractivity contribution < 1.29 is 19.1 Å². The van der Waals surface area contributed by atoms with Gasteiger partial charge in [-0.3, -0.25) is 5.32 Å². The average Bonchev–Trinajstić information content (AvgIpc) is 2.61. The number of nitrogens with one attached hydrogen (secondary N) is 1. The third kappa shape index (κ3) is 6.18. The minimum atomic E-state index is -0.550. The first kappa shape index (κ1) is 18.3. The number of ether oxygens (including phenoxy) is 2. The van der Waals surface area contributed by atoms with E-state index in [-0.39, 0.29) is 6.61 Å². The second kappa shape index (κ2) is 9.32. The molecule has 2 aromatic carbocycles. The van der Waals surface area contributed by atoms with E-state index < -0.39 is 12.2 Å². The van der Waals surface area contributed by atoms with Crippen molar-refractivity contribution >= 4 is 17.9 Å². The summed E-state index contributed by atoms with van der Waals surface area (Å²) >= 11 is 0. The van der Waals surface area contributed by atoms with Crippen LogP contribution in [0, 0.1) is 0 Å². The standard InChI is InChI=1S/C19H22N2O4/c1-3-24-18(22)20-16-10-7-11-17(14-16)25-19(23)21(2)13-12-15-8-5-4-6-9-15/h4-11,14H,3,12-13H2,1-2H3,(H,20,22). The topological polar surface area (TPSA) is 67.9 Å². The van der Waals surface area contributed by atoms with Crippen LogP contribution in [0.15, 0.2) is 54.6 Å². The highest BCUT2D eigenvalue weighted by atomic mass is 16.6. The quantitative estimate of drug-likeness (QED) is 0.864. The van der Waals surface area contributed by atoms with Gasteiger partial charge in [0.1, 0.15) is 5.75 Å². The first-order chi connectivity index (χ1) is 12.1. The Bertz CT molecular complexity index is 704. The summed E-state index contributed by atoms with van der Waals surface area (Å²) in [6, 6.07) is 16.5. The number of rotatable bonds is 6. The van der Waals surface area contributed by atoms with Gasteiger partial charge in [-0.2, -0.15) is 0 Å². The first-order valence-electron chi connectivity index (χ1n) is 8.09. The van der Waals surface area contributed by atoms with E-state index in [1.807, 2.05) is 30.3 Å². The molecule has 2 rings (SSSR count). The van der Waals surface area contributed by atoms with Crippen LogP contribution in [-0.4, -0.2) is 37.3 Å². The van der Waals surface area contributed by atoms with Crippen molar-refractivity contribution in [1.29, 1.82) is 0 Å². The van der Waals surface area contributed by atoms with Crippen LogP contribution in [0.5, 0.6) is 5.75 Å². The number of carbonyl (C=O) groups is 2. The van der Waals surface area contributed by atoms with Gasteiger partial charge in [0.2, 0.25) is 0 Å². The molecule has 0 aliphatic rings. The number of carbonyl (C=O) groups excluding carboxylic acids is 2. The highest BCUT2D eigenvalue weighted by Gasteiger charge is 2.12. The fourth-order valence-electron chi connectivity index (χ4n) is 2.13. The lowest BCUT2D eigenvalue weighted by Gasteiger charge is -2.17. The van der Waals surface area contributed by atoms with Gasteiger partial charge in [0, 0.05) is 25.3 Å². The fourth-order valence-corrected chi connectivity index (χ4v) is 2.13. The summed E-state index contributed by atoms with van der Waals surface area (Å²) in [5.74, 6) is 0.353. The predicted molar refractivity (Wildman–Crippen MR) is 95.9 cm³/mol. The fraction of sp³-hybridized carbons (Fsp3) is 0.263. The maximum Gasteiger partial charge on any atom is 0.414 e. The zero-order chi connectivity index (χ0) is 18.1. The van der Waals surface area contributed by atoms with Crippen LogP contribution in [0.3, 0.4) is 0 Å². The summed E-state index contributed by atoms with van der Waals surface area (Å²) in [6.45, 7) is 2.55. The molecule has 0 radical (unpaired) electrons. The largest absolute Gasteiger partial charge is 0.450 e. The van der Waals surface area contributed by atoms with Gasteiger partial charge in [0.15, 0.2) is 0 Å². The zero-order valence-corrected chi connectivity index (χ0v) is 14.4. The number of nitrogens with zero attached hydrogens (tertiary/aromatic N) is 1. The van der Waals surface area contributed by atoms with Crippen LogP contribution in [0.1, 0.15) is 12.5 Å². The van der Waals surface area contributed by atoms with Gasteiger partial charge in [0.05, 0.1) is 6.61 Å². The van der Waals surface area contributed by atoms with E-state index in [1.165, 1.54) is 4.90 Å². The summed E-state index contributed by atoms with van der Waals surface area (Å²) < 4.78 is 10.2. The molecule has 0 heterocycles. The lowest BCUT2D eigenvalue weighted by molar-refractivity contribution is 0.163. The van der Waals surface area contributed by atoms with Crippen LogP contribution in [0.25, 0.3) is 0 Å². The van der Waals surface area contributed by atoms with Crippen molar-refractivity contribution in [3.05, 3.63) is 60.2 Å². The maximum absolute atomic E-state index is 12.2. The number of benzene rings is 2. The summed E-state index contributed by atoms with van der Waals surface area (Å²) in [5, 5.41) is 2.57. The summed E-state index contributed by atoms with van der Waals surface area (Å²) in [7, 11) is 1.69. The van der Waals surface area contributed by atoms with E-state index in [4.69, 9.17) is 9.47 Å². The van der Waals surface area contributed by atoms with Crippen molar-refractivity contribution in [3.8, 4) is 5.75 Å². The molecule has 0 atom stereocenters. The Kier molecular flexibility index (Phi) is 6.83. The van der Waals surface area contributed by atoms with Crippen molar-refractivity contribution in [2.24, 2.45) is 0 Å². The zero-order valence-electron chi connectivity index (χ0n) is 14.4. The van der Waals surface area contributed by atoms with Gasteiger partial charge in [-0.25, -0.2) is 9.59 Å². The van der Waals surface area contributed by atoms with Crippen LogP contribution in [-0.2, 0) is 11.2 Å². The highest BCUT2D eigenvalue weighted by Crippen LogP contribution is 2.18. The van der Waals surface area contributed by atoms with Gasteiger partial charge < -0.3 is 14.4 Å². The highest BCUT2D eigenvalue weighted by molar-refractivity contribution is 5.85. The van der Waals surface area contributed by atoms with Gasteiger partial charge in [0.25, 0.3) is 0 Å². The van der Waals surface area contributed by atoms with Gasteiger partial charge in [-0.05, 0) is 31.0 Å². The van der Waals surface area contributed by atoms with E-state index in [0.29, 0.717) is 18.0 Å². The number of hydrogen-bond acceptors (Lipinski definition) is 4. The lowest BCUT2D eigenvalue weighted by Crippen LogP contribution is -2.31. The van der Waals surface area contributed by atoms with Gasteiger partial charge >= 0.3 is 12.2 Å². The molecule has 6 nitrogen and oxygen atoms in total. The molecule has 1 N–H and O–H groups in total. The summed E-state index contributed by atoms with van der Waals surface area (Å²) in [4.78, 5) is 25.1. The first-order valence-corrected chi connectivity index (χ1v) is 8.09. The van der Waals surface area contributed by atoms with E-state index in [9.17, 15) is 9.59 Å². The molecule has 0 unspecified atom stereocenters. The average molecular weight is 342 g/mol. The Morgan fingerprint density at radius 1 is 1.08 bits per heavy atom. The number of amides is 2. The third-order valence-electron chi connectivity index (χ3n) is 3.45. The molecule has 2 amide bonds. The minimum Gasteiger partial charge on any atom is -0.450 e. The Morgan fingerprint density at radius 3 is 2.56 bits per heavy atom. The third-order valence-corrected chi connectivity index (χ3v) is 3.45. The lowest BCUT2D eigenvalue weighted by atomic mass is 10.1. The molecule has 0 aliphatic carbocycles. The Balaban J connectivity index is 1.87. The predicted octanol–water partition coefficient (Wildman–Crippen LogP) is 3.93. The molecule has 0 bridgehead atoms. The molecule has 0 saturated heterocycles. The van der Waals surface area contributed by atoms with E-state index >= 15 is 0 Å². The molecule has 132 valence electrons. The molecule has 0 aliphatic heterocycles. The summed E-state index contributed by atoms with van der Waals surface area (Å²) in [5.41, 5.74) is 1.65. The number of hydrogen-bond donors (Lipinski definition) is 1. The molecule has 2 aromatic rings. The van der Waals surface area contributed by atoms with Crippen molar-refractivity contribution in [1.82, 2.24) is 4.90 Å². The molecule has 0 saturated carbocycles. The Morgan fingerprint density at radius 2 is 1.84 bits per heavy atom. The molecular formula is C19H22N2O4. The van der Waals surface area contributed by atoms with E-state index in [2.05, 4.69) is 5.32 Å². The molecular weight excluding hydrogens is 320 g/mol. The van der Waals surface area contributed by atoms with Gasteiger partial charge in [-0.15, -0.1) is 0 Å². The molecule has 0 spiro atoms. The molecule has 6 heteroatoms. The molecule has 0 aromatic heterocycles. The van der Waals surface area contributed by atoms with Crippen molar-refractivity contribution in [2.75, 3.05) is 25.5 Å². The van der Waals surface area contributed by atoms with Crippen LogP contribution in [0.2, 0.25) is 0 Å². The normalized spacial score (nSPS) is 10.0.